The van der Waals surface area contributed by atoms with Gasteiger partial charge in [-0.25, -0.2) is 18.7 Å². The summed E-state index contributed by atoms with van der Waals surface area (Å²) in [7, 11) is 0. The highest BCUT2D eigenvalue weighted by molar-refractivity contribution is 6.31. The van der Waals surface area contributed by atoms with E-state index in [9.17, 15) is 8.78 Å². The average Bonchev–Trinajstić information content (AvgIpc) is 3.20. The molecule has 9 heteroatoms. The van der Waals surface area contributed by atoms with Crippen LogP contribution >= 0.6 is 11.6 Å². The van der Waals surface area contributed by atoms with E-state index in [2.05, 4.69) is 25.1 Å². The Morgan fingerprint density at radius 3 is 2.56 bits per heavy atom. The molecule has 0 spiro atoms. The molecule has 0 amide bonds. The number of nitrogens with zero attached hydrogens (tertiary/aromatic N) is 5. The highest BCUT2D eigenvalue weighted by Crippen LogP contribution is 2.32. The summed E-state index contributed by atoms with van der Waals surface area (Å²) in [6.45, 7) is 2.53. The fourth-order valence-electron chi connectivity index (χ4n) is 3.44. The molecule has 1 saturated heterocycles. The quantitative estimate of drug-likeness (QED) is 0.742. The largest absolute Gasteiger partial charge is 0.351 e. The number of piperazine rings is 1. The molecule has 1 atom stereocenters. The summed E-state index contributed by atoms with van der Waals surface area (Å²) in [5.74, 6) is -0.275. The monoisotopic (exact) mass is 390 g/mol. The SMILES string of the molecule is Fc1ccc(F)c(C(c2cn[nH]c2)N2CCN(c3nccnc3Cl)CC2)c1. The number of halogens is 3. The fourth-order valence-corrected chi connectivity index (χ4v) is 3.66. The van der Waals surface area contributed by atoms with Gasteiger partial charge in [0, 0.05) is 55.9 Å². The third-order valence-corrected chi connectivity index (χ3v) is 4.97. The summed E-state index contributed by atoms with van der Waals surface area (Å²) in [5, 5.41) is 7.09. The predicted molar refractivity (Wildman–Crippen MR) is 97.6 cm³/mol. The second-order valence-corrected chi connectivity index (χ2v) is 6.65. The maximum atomic E-state index is 14.5. The van der Waals surface area contributed by atoms with E-state index in [0.29, 0.717) is 42.7 Å². The summed E-state index contributed by atoms with van der Waals surface area (Å²) in [4.78, 5) is 12.5. The van der Waals surface area contributed by atoms with Crippen LogP contribution in [0.25, 0.3) is 0 Å². The third-order valence-electron chi connectivity index (χ3n) is 4.70. The Bertz CT molecular complexity index is 912. The van der Waals surface area contributed by atoms with E-state index in [1.807, 2.05) is 4.90 Å². The standard InChI is InChI=1S/C18H17ClF2N6/c19-17-18(23-4-3-22-17)27-7-5-26(6-8-27)16(12-10-24-25-11-12)14-9-13(20)1-2-15(14)21/h1-4,9-11,16H,5-8H2,(H,24,25). The lowest BCUT2D eigenvalue weighted by Crippen LogP contribution is -2.48. The molecule has 1 aromatic carbocycles. The van der Waals surface area contributed by atoms with Gasteiger partial charge in [0.2, 0.25) is 0 Å². The van der Waals surface area contributed by atoms with Crippen LogP contribution in [0, 0.1) is 11.6 Å². The van der Waals surface area contributed by atoms with Crippen molar-refractivity contribution < 1.29 is 8.78 Å². The van der Waals surface area contributed by atoms with Crippen molar-refractivity contribution >= 4 is 17.4 Å². The van der Waals surface area contributed by atoms with Gasteiger partial charge in [0.05, 0.1) is 12.2 Å². The molecule has 3 aromatic rings. The van der Waals surface area contributed by atoms with Gasteiger partial charge in [-0.1, -0.05) is 11.6 Å². The van der Waals surface area contributed by atoms with Crippen LogP contribution in [-0.2, 0) is 0 Å². The minimum absolute atomic E-state index is 0.294. The Kier molecular flexibility index (Phi) is 5.00. The Labute approximate surface area is 159 Å². The van der Waals surface area contributed by atoms with Crippen LogP contribution in [0.1, 0.15) is 17.2 Å². The first-order valence-electron chi connectivity index (χ1n) is 8.52. The minimum atomic E-state index is -0.468. The van der Waals surface area contributed by atoms with Crippen LogP contribution in [0.3, 0.4) is 0 Å². The number of H-pyrrole nitrogens is 1. The number of benzene rings is 1. The van der Waals surface area contributed by atoms with Crippen molar-refractivity contribution in [3.05, 3.63) is 70.9 Å². The van der Waals surface area contributed by atoms with E-state index in [-0.39, 0.29) is 0 Å². The van der Waals surface area contributed by atoms with Gasteiger partial charge >= 0.3 is 0 Å². The zero-order valence-electron chi connectivity index (χ0n) is 14.3. The highest BCUT2D eigenvalue weighted by atomic mass is 35.5. The molecule has 1 aliphatic heterocycles. The molecule has 1 fully saturated rings. The molecule has 0 radical (unpaired) electrons. The molecule has 0 bridgehead atoms. The topological polar surface area (TPSA) is 60.9 Å². The van der Waals surface area contributed by atoms with E-state index in [0.717, 1.165) is 17.7 Å². The third kappa shape index (κ3) is 3.63. The fraction of sp³-hybridized carbons (Fsp3) is 0.278. The summed E-state index contributed by atoms with van der Waals surface area (Å²) in [6.07, 6.45) is 6.50. The molecular formula is C18H17ClF2N6. The molecule has 3 heterocycles. The number of anilines is 1. The number of hydrogen-bond acceptors (Lipinski definition) is 5. The second kappa shape index (κ2) is 7.58. The molecule has 27 heavy (non-hydrogen) atoms. The maximum absolute atomic E-state index is 14.5. The van der Waals surface area contributed by atoms with E-state index in [1.54, 1.807) is 24.8 Å². The van der Waals surface area contributed by atoms with Crippen molar-refractivity contribution in [3.8, 4) is 0 Å². The molecular weight excluding hydrogens is 374 g/mol. The molecule has 1 aliphatic rings. The van der Waals surface area contributed by atoms with E-state index in [1.165, 1.54) is 6.07 Å². The molecule has 1 N–H and O–H groups in total. The van der Waals surface area contributed by atoms with Crippen LogP contribution in [-0.4, -0.2) is 51.2 Å². The van der Waals surface area contributed by atoms with Crippen molar-refractivity contribution in [2.45, 2.75) is 6.04 Å². The number of nitrogens with one attached hydrogen (secondary N) is 1. The Hall–Kier alpha value is -2.58. The van der Waals surface area contributed by atoms with Gasteiger partial charge in [0.1, 0.15) is 11.6 Å². The van der Waals surface area contributed by atoms with E-state index in [4.69, 9.17) is 11.6 Å². The molecule has 140 valence electrons. The van der Waals surface area contributed by atoms with Crippen LogP contribution in [0.2, 0.25) is 5.15 Å². The van der Waals surface area contributed by atoms with Crippen molar-refractivity contribution in [2.75, 3.05) is 31.1 Å². The van der Waals surface area contributed by atoms with Gasteiger partial charge in [-0.05, 0) is 18.2 Å². The van der Waals surface area contributed by atoms with Crippen LogP contribution in [0.15, 0.2) is 43.0 Å². The molecule has 0 aliphatic carbocycles. The smallest absolute Gasteiger partial charge is 0.171 e. The van der Waals surface area contributed by atoms with Gasteiger partial charge in [-0.3, -0.25) is 10.00 Å². The molecule has 2 aromatic heterocycles. The van der Waals surface area contributed by atoms with Gasteiger partial charge in [0.15, 0.2) is 11.0 Å². The van der Waals surface area contributed by atoms with Gasteiger partial charge in [-0.2, -0.15) is 5.10 Å². The first-order valence-corrected chi connectivity index (χ1v) is 8.90. The molecule has 4 rings (SSSR count). The lowest BCUT2D eigenvalue weighted by molar-refractivity contribution is 0.208. The summed E-state index contributed by atoms with van der Waals surface area (Å²) < 4.78 is 28.3. The number of hydrogen-bond donors (Lipinski definition) is 1. The Morgan fingerprint density at radius 2 is 1.85 bits per heavy atom. The van der Waals surface area contributed by atoms with Crippen molar-refractivity contribution in [1.82, 2.24) is 25.1 Å². The maximum Gasteiger partial charge on any atom is 0.171 e. The first-order chi connectivity index (χ1) is 13.1. The van der Waals surface area contributed by atoms with Crippen molar-refractivity contribution in [3.63, 3.8) is 0 Å². The van der Waals surface area contributed by atoms with Crippen molar-refractivity contribution in [2.24, 2.45) is 0 Å². The average molecular weight is 391 g/mol. The minimum Gasteiger partial charge on any atom is -0.351 e. The highest BCUT2D eigenvalue weighted by Gasteiger charge is 2.30. The zero-order valence-corrected chi connectivity index (χ0v) is 15.1. The number of rotatable bonds is 4. The Balaban J connectivity index is 1.60. The van der Waals surface area contributed by atoms with E-state index < -0.39 is 17.7 Å². The van der Waals surface area contributed by atoms with Gasteiger partial charge in [-0.15, -0.1) is 0 Å². The summed E-state index contributed by atoms with van der Waals surface area (Å²) in [6, 6.07) is 3.10. The second-order valence-electron chi connectivity index (χ2n) is 6.29. The van der Waals surface area contributed by atoms with Crippen LogP contribution < -0.4 is 4.90 Å². The lowest BCUT2D eigenvalue weighted by Gasteiger charge is -2.39. The zero-order chi connectivity index (χ0) is 18.8. The molecule has 1 unspecified atom stereocenters. The summed E-state index contributed by atoms with van der Waals surface area (Å²) >= 11 is 6.14. The first kappa shape index (κ1) is 17.8. The van der Waals surface area contributed by atoms with Gasteiger partial charge < -0.3 is 4.90 Å². The summed E-state index contributed by atoms with van der Waals surface area (Å²) in [5.41, 5.74) is 1.08. The van der Waals surface area contributed by atoms with Crippen LogP contribution in [0.5, 0.6) is 0 Å². The van der Waals surface area contributed by atoms with Crippen LogP contribution in [0.4, 0.5) is 14.6 Å². The Morgan fingerprint density at radius 1 is 1.07 bits per heavy atom. The van der Waals surface area contributed by atoms with Gasteiger partial charge in [0.25, 0.3) is 0 Å². The lowest BCUT2D eigenvalue weighted by atomic mass is 9.98. The normalized spacial score (nSPS) is 16.5. The molecule has 0 saturated carbocycles. The van der Waals surface area contributed by atoms with E-state index >= 15 is 0 Å². The predicted octanol–water partition coefficient (Wildman–Crippen LogP) is 3.04. The number of aromatic amines is 1. The molecule has 6 nitrogen and oxygen atoms in total. The number of aromatic nitrogens is 4. The van der Waals surface area contributed by atoms with Crippen molar-refractivity contribution in [1.29, 1.82) is 0 Å².